The van der Waals surface area contributed by atoms with Crippen LogP contribution in [0.15, 0.2) is 42.5 Å². The Kier molecular flexibility index (Phi) is 4.20. The van der Waals surface area contributed by atoms with E-state index in [0.717, 1.165) is 22.6 Å². The molecule has 29 heavy (non-hydrogen) atoms. The van der Waals surface area contributed by atoms with Crippen LogP contribution in [0.5, 0.6) is 5.75 Å². The zero-order chi connectivity index (χ0) is 20.0. The number of nitrogens with one attached hydrogen (secondary N) is 1. The molecule has 0 aromatic heterocycles. The average molecular weight is 393 g/mol. The molecule has 1 saturated carbocycles. The van der Waals surface area contributed by atoms with E-state index in [-0.39, 0.29) is 11.8 Å². The van der Waals surface area contributed by atoms with Gasteiger partial charge in [-0.2, -0.15) is 0 Å². The van der Waals surface area contributed by atoms with Gasteiger partial charge in [0.05, 0.1) is 5.69 Å². The molecule has 2 heterocycles. The van der Waals surface area contributed by atoms with Gasteiger partial charge in [0.1, 0.15) is 11.4 Å². The van der Waals surface area contributed by atoms with Gasteiger partial charge in [-0.3, -0.25) is 9.59 Å². The number of carbonyl (C=O) groups is 2. The van der Waals surface area contributed by atoms with Gasteiger partial charge in [-0.05, 0) is 48.2 Å². The van der Waals surface area contributed by atoms with E-state index in [0.29, 0.717) is 51.3 Å². The van der Waals surface area contributed by atoms with Gasteiger partial charge in [-0.1, -0.05) is 18.2 Å². The molecule has 2 amide bonds. The van der Waals surface area contributed by atoms with E-state index in [1.54, 1.807) is 9.80 Å². The first-order valence-corrected chi connectivity index (χ1v) is 9.96. The molecule has 2 N–H and O–H groups in total. The molecule has 5 rings (SSSR count). The summed E-state index contributed by atoms with van der Waals surface area (Å²) in [5.41, 5.74) is 2.57. The third-order valence-electron chi connectivity index (χ3n) is 5.91. The highest BCUT2D eigenvalue weighted by Crippen LogP contribution is 2.37. The van der Waals surface area contributed by atoms with Gasteiger partial charge in [0.2, 0.25) is 0 Å². The molecule has 0 atom stereocenters. The number of anilines is 1. The summed E-state index contributed by atoms with van der Waals surface area (Å²) in [5, 5.41) is 13.2. The highest BCUT2D eigenvalue weighted by atomic mass is 16.5. The van der Waals surface area contributed by atoms with Crippen molar-refractivity contribution in [3.8, 4) is 16.9 Å². The van der Waals surface area contributed by atoms with Crippen molar-refractivity contribution in [3.05, 3.63) is 48.0 Å². The number of hydrogen-bond acceptors (Lipinski definition) is 5. The molecule has 0 spiro atoms. The first-order valence-electron chi connectivity index (χ1n) is 9.96. The van der Waals surface area contributed by atoms with Crippen LogP contribution < -0.4 is 10.1 Å². The molecule has 1 aliphatic carbocycles. The Morgan fingerprint density at radius 1 is 0.931 bits per heavy atom. The van der Waals surface area contributed by atoms with Gasteiger partial charge < -0.3 is 25.0 Å². The normalized spacial score (nSPS) is 19.2. The maximum atomic E-state index is 12.8. The number of aliphatic hydroxyl groups is 1. The number of rotatable bonds is 3. The summed E-state index contributed by atoms with van der Waals surface area (Å²) in [6.07, 6.45) is 1.09. The van der Waals surface area contributed by atoms with E-state index in [9.17, 15) is 14.7 Å². The second kappa shape index (κ2) is 6.77. The molecule has 3 aliphatic rings. The minimum Gasteiger partial charge on any atom is -0.471 e. The fourth-order valence-electron chi connectivity index (χ4n) is 3.89. The van der Waals surface area contributed by atoms with Crippen molar-refractivity contribution in [1.82, 2.24) is 9.80 Å². The number of piperazine rings is 1. The molecule has 2 aromatic carbocycles. The van der Waals surface area contributed by atoms with E-state index >= 15 is 0 Å². The summed E-state index contributed by atoms with van der Waals surface area (Å²) in [6, 6.07) is 13.6. The van der Waals surface area contributed by atoms with Crippen LogP contribution in [0, 0.1) is 0 Å². The highest BCUT2D eigenvalue weighted by molar-refractivity contribution is 5.95. The molecule has 150 valence electrons. The number of carbonyl (C=O) groups excluding carboxylic acids is 2. The summed E-state index contributed by atoms with van der Waals surface area (Å²) in [6.45, 7) is 2.40. The van der Waals surface area contributed by atoms with Crippen molar-refractivity contribution >= 4 is 17.5 Å². The Hall–Kier alpha value is -3.06. The first kappa shape index (κ1) is 18.0. The number of hydrogen-bond donors (Lipinski definition) is 2. The summed E-state index contributed by atoms with van der Waals surface area (Å²) in [5.74, 6) is 0.632. The summed E-state index contributed by atoms with van der Waals surface area (Å²) >= 11 is 0. The van der Waals surface area contributed by atoms with E-state index < -0.39 is 5.60 Å². The monoisotopic (exact) mass is 393 g/mol. The van der Waals surface area contributed by atoms with Gasteiger partial charge in [0, 0.05) is 31.7 Å². The largest absolute Gasteiger partial charge is 0.471 e. The van der Waals surface area contributed by atoms with Crippen LogP contribution in [0.25, 0.3) is 11.1 Å². The third kappa shape index (κ3) is 3.31. The number of ether oxygens (including phenoxy) is 1. The smallest absolute Gasteiger partial charge is 0.254 e. The lowest BCUT2D eigenvalue weighted by atomic mass is 10.0. The summed E-state index contributed by atoms with van der Waals surface area (Å²) < 4.78 is 5.45. The summed E-state index contributed by atoms with van der Waals surface area (Å²) in [4.78, 5) is 28.5. The van der Waals surface area contributed by atoms with Crippen molar-refractivity contribution in [2.24, 2.45) is 0 Å². The van der Waals surface area contributed by atoms with E-state index in [4.69, 9.17) is 4.74 Å². The van der Waals surface area contributed by atoms with Crippen LogP contribution in [0.2, 0.25) is 0 Å². The number of nitrogens with zero attached hydrogens (tertiary/aromatic N) is 2. The topological polar surface area (TPSA) is 82.1 Å². The zero-order valence-electron chi connectivity index (χ0n) is 16.1. The van der Waals surface area contributed by atoms with Crippen LogP contribution in [0.3, 0.4) is 0 Å². The van der Waals surface area contributed by atoms with E-state index in [1.807, 2.05) is 42.5 Å². The van der Waals surface area contributed by atoms with Crippen LogP contribution in [0.1, 0.15) is 23.2 Å². The second-order valence-corrected chi connectivity index (χ2v) is 7.87. The van der Waals surface area contributed by atoms with Gasteiger partial charge >= 0.3 is 0 Å². The lowest BCUT2D eigenvalue weighted by Gasteiger charge is -2.35. The predicted molar refractivity (Wildman–Crippen MR) is 108 cm³/mol. The Balaban J connectivity index is 1.23. The van der Waals surface area contributed by atoms with Crippen molar-refractivity contribution < 1.29 is 19.4 Å². The molecule has 0 bridgehead atoms. The molecule has 0 unspecified atom stereocenters. The van der Waals surface area contributed by atoms with Crippen molar-refractivity contribution in [2.75, 3.05) is 38.2 Å². The first-order chi connectivity index (χ1) is 14.0. The molecule has 2 aliphatic heterocycles. The van der Waals surface area contributed by atoms with Crippen LogP contribution >= 0.6 is 0 Å². The van der Waals surface area contributed by atoms with Crippen LogP contribution in [-0.4, -0.2) is 65.2 Å². The minimum absolute atomic E-state index is 0.0298. The maximum absolute atomic E-state index is 12.8. The molecule has 1 saturated heterocycles. The lowest BCUT2D eigenvalue weighted by Crippen LogP contribution is -2.53. The quantitative estimate of drug-likeness (QED) is 0.833. The molecular weight excluding hydrogens is 370 g/mol. The highest BCUT2D eigenvalue weighted by Gasteiger charge is 2.50. The van der Waals surface area contributed by atoms with E-state index in [1.165, 1.54) is 0 Å². The predicted octanol–water partition coefficient (Wildman–Crippen LogP) is 1.92. The Bertz CT molecular complexity index is 961. The SMILES string of the molecule is O=C(c1ccc(-c2ccc3c(c2)NCO3)cc1)N1CCN(C(=O)C2(O)CC2)CC1. The van der Waals surface area contributed by atoms with Gasteiger partial charge in [0.15, 0.2) is 6.73 Å². The van der Waals surface area contributed by atoms with Crippen molar-refractivity contribution in [1.29, 1.82) is 0 Å². The third-order valence-corrected chi connectivity index (χ3v) is 5.91. The number of benzene rings is 2. The van der Waals surface area contributed by atoms with E-state index in [2.05, 4.69) is 5.32 Å². The average Bonchev–Trinajstić information content (AvgIpc) is 3.34. The molecular formula is C22H23N3O4. The minimum atomic E-state index is -1.14. The van der Waals surface area contributed by atoms with Crippen molar-refractivity contribution in [2.45, 2.75) is 18.4 Å². The zero-order valence-corrected chi connectivity index (χ0v) is 16.1. The Labute approximate surface area is 168 Å². The summed E-state index contributed by atoms with van der Waals surface area (Å²) in [7, 11) is 0. The molecule has 7 heteroatoms. The van der Waals surface area contributed by atoms with Gasteiger partial charge in [-0.25, -0.2) is 0 Å². The standard InChI is InChI=1S/C22H23N3O4/c26-20(24-9-11-25(12-10-24)21(27)22(28)7-8-22)16-3-1-15(2-4-16)17-5-6-19-18(13-17)23-14-29-19/h1-6,13,23,28H,7-12,14H2. The van der Waals surface area contributed by atoms with Crippen LogP contribution in [-0.2, 0) is 4.79 Å². The van der Waals surface area contributed by atoms with Gasteiger partial charge in [0.25, 0.3) is 11.8 Å². The Morgan fingerprint density at radius 3 is 2.28 bits per heavy atom. The molecule has 7 nitrogen and oxygen atoms in total. The van der Waals surface area contributed by atoms with Crippen molar-refractivity contribution in [3.63, 3.8) is 0 Å². The second-order valence-electron chi connectivity index (χ2n) is 7.87. The molecule has 2 fully saturated rings. The fraction of sp³-hybridized carbons (Fsp3) is 0.364. The number of fused-ring (bicyclic) bond motifs is 1. The molecule has 2 aromatic rings. The van der Waals surface area contributed by atoms with Crippen LogP contribution in [0.4, 0.5) is 5.69 Å². The lowest BCUT2D eigenvalue weighted by molar-refractivity contribution is -0.143. The fourth-order valence-corrected chi connectivity index (χ4v) is 3.89. The van der Waals surface area contributed by atoms with Gasteiger partial charge in [-0.15, -0.1) is 0 Å². The Morgan fingerprint density at radius 2 is 1.59 bits per heavy atom. The molecule has 0 radical (unpaired) electrons. The maximum Gasteiger partial charge on any atom is 0.254 e. The number of amides is 2.